The lowest BCUT2D eigenvalue weighted by Crippen LogP contribution is -2.32. The van der Waals surface area contributed by atoms with Crippen LogP contribution in [-0.4, -0.2) is 26.0 Å². The molecular weight excluding hydrogens is 290 g/mol. The molecule has 0 fully saturated rings. The first kappa shape index (κ1) is 17.4. The molecule has 0 bridgehead atoms. The predicted octanol–water partition coefficient (Wildman–Crippen LogP) is 2.42. The molecule has 5 nitrogen and oxygen atoms in total. The summed E-state index contributed by atoms with van der Waals surface area (Å²) in [5.74, 6) is -1.04. The Balaban J connectivity index is 3.00. The van der Waals surface area contributed by atoms with Gasteiger partial charge in [-0.25, -0.2) is 17.9 Å². The molecule has 0 aliphatic carbocycles. The third-order valence-electron chi connectivity index (χ3n) is 2.75. The average molecular weight is 311 g/mol. The highest BCUT2D eigenvalue weighted by atomic mass is 32.2. The third kappa shape index (κ3) is 5.69. The number of aryl methyl sites for hydroxylation is 1. The molecule has 1 aromatic carbocycles. The van der Waals surface area contributed by atoms with Gasteiger partial charge in [-0.2, -0.15) is 0 Å². The Bertz CT molecular complexity index is 655. The number of benzene rings is 1. The van der Waals surface area contributed by atoms with E-state index < -0.39 is 16.0 Å². The second-order valence-electron chi connectivity index (χ2n) is 6.08. The van der Waals surface area contributed by atoms with Crippen LogP contribution in [0.4, 0.5) is 0 Å². The van der Waals surface area contributed by atoms with Gasteiger partial charge < -0.3 is 5.11 Å². The van der Waals surface area contributed by atoms with Crippen LogP contribution in [0.5, 0.6) is 0 Å². The van der Waals surface area contributed by atoms with Crippen LogP contribution in [0.25, 0.3) is 6.08 Å². The number of carbonyl (C=O) groups is 1. The average Bonchev–Trinajstić information content (AvgIpc) is 2.34. The largest absolute Gasteiger partial charge is 0.478 e. The predicted molar refractivity (Wildman–Crippen MR) is 82.5 cm³/mol. The normalized spacial score (nSPS) is 12.8. The van der Waals surface area contributed by atoms with Crippen LogP contribution in [0, 0.1) is 12.3 Å². The number of aliphatic carboxylic acids is 1. The van der Waals surface area contributed by atoms with Crippen molar-refractivity contribution in [3.63, 3.8) is 0 Å². The Morgan fingerprint density at radius 1 is 1.33 bits per heavy atom. The number of carboxylic acid groups (broad SMARTS) is 1. The van der Waals surface area contributed by atoms with Gasteiger partial charge in [-0.1, -0.05) is 26.8 Å². The highest BCUT2D eigenvalue weighted by molar-refractivity contribution is 7.89. The molecular formula is C15H21NO4S. The van der Waals surface area contributed by atoms with E-state index in [1.165, 1.54) is 18.2 Å². The molecule has 21 heavy (non-hydrogen) atoms. The van der Waals surface area contributed by atoms with Crippen molar-refractivity contribution in [2.24, 2.45) is 5.41 Å². The highest BCUT2D eigenvalue weighted by Crippen LogP contribution is 2.18. The Kier molecular flexibility index (Phi) is 5.31. The number of sulfonamides is 1. The third-order valence-corrected chi connectivity index (χ3v) is 4.15. The van der Waals surface area contributed by atoms with E-state index in [0.717, 1.165) is 6.08 Å². The number of nitrogens with one attached hydrogen (secondary N) is 1. The van der Waals surface area contributed by atoms with Crippen LogP contribution >= 0.6 is 0 Å². The smallest absolute Gasteiger partial charge is 0.328 e. The van der Waals surface area contributed by atoms with Crippen LogP contribution in [0.2, 0.25) is 0 Å². The number of rotatable bonds is 5. The van der Waals surface area contributed by atoms with Crippen molar-refractivity contribution in [2.45, 2.75) is 32.6 Å². The van der Waals surface area contributed by atoms with Gasteiger partial charge in [0, 0.05) is 12.6 Å². The molecule has 0 heterocycles. The van der Waals surface area contributed by atoms with E-state index in [1.807, 2.05) is 20.8 Å². The fourth-order valence-corrected chi connectivity index (χ4v) is 2.93. The summed E-state index contributed by atoms with van der Waals surface area (Å²) < 4.78 is 26.9. The van der Waals surface area contributed by atoms with E-state index in [0.29, 0.717) is 17.7 Å². The van der Waals surface area contributed by atoms with Crippen molar-refractivity contribution in [1.29, 1.82) is 0 Å². The molecule has 116 valence electrons. The van der Waals surface area contributed by atoms with Crippen molar-refractivity contribution in [2.75, 3.05) is 6.54 Å². The lowest BCUT2D eigenvalue weighted by molar-refractivity contribution is -0.131. The Morgan fingerprint density at radius 3 is 2.43 bits per heavy atom. The van der Waals surface area contributed by atoms with Crippen molar-refractivity contribution < 1.29 is 18.3 Å². The van der Waals surface area contributed by atoms with E-state index in [2.05, 4.69) is 4.72 Å². The maximum atomic E-state index is 12.2. The molecule has 0 aliphatic heterocycles. The van der Waals surface area contributed by atoms with E-state index in [-0.39, 0.29) is 10.3 Å². The Morgan fingerprint density at radius 2 is 1.95 bits per heavy atom. The van der Waals surface area contributed by atoms with E-state index in [1.54, 1.807) is 13.0 Å². The van der Waals surface area contributed by atoms with Gasteiger partial charge in [0.25, 0.3) is 0 Å². The van der Waals surface area contributed by atoms with Crippen LogP contribution in [0.15, 0.2) is 29.2 Å². The zero-order valence-electron chi connectivity index (χ0n) is 12.7. The zero-order chi connectivity index (χ0) is 16.3. The minimum Gasteiger partial charge on any atom is -0.478 e. The molecule has 1 aromatic rings. The number of carboxylic acids is 1. The molecule has 0 atom stereocenters. The minimum atomic E-state index is -3.55. The lowest BCUT2D eigenvalue weighted by Gasteiger charge is -2.19. The maximum Gasteiger partial charge on any atom is 0.328 e. The van der Waals surface area contributed by atoms with Gasteiger partial charge >= 0.3 is 5.97 Å². The van der Waals surface area contributed by atoms with E-state index in [9.17, 15) is 13.2 Å². The summed E-state index contributed by atoms with van der Waals surface area (Å²) in [7, 11) is -3.55. The van der Waals surface area contributed by atoms with Gasteiger partial charge in [0.1, 0.15) is 0 Å². The van der Waals surface area contributed by atoms with Crippen molar-refractivity contribution in [1.82, 2.24) is 4.72 Å². The van der Waals surface area contributed by atoms with Crippen LogP contribution < -0.4 is 4.72 Å². The molecule has 0 amide bonds. The first-order valence-corrected chi connectivity index (χ1v) is 8.01. The quantitative estimate of drug-likeness (QED) is 0.818. The van der Waals surface area contributed by atoms with Gasteiger partial charge in [0.2, 0.25) is 10.0 Å². The molecule has 0 radical (unpaired) electrons. The second-order valence-corrected chi connectivity index (χ2v) is 7.84. The molecule has 2 N–H and O–H groups in total. The summed E-state index contributed by atoms with van der Waals surface area (Å²) in [4.78, 5) is 10.7. The molecule has 0 unspecified atom stereocenters. The van der Waals surface area contributed by atoms with Gasteiger partial charge in [0.15, 0.2) is 0 Å². The van der Waals surface area contributed by atoms with Crippen molar-refractivity contribution >= 4 is 22.1 Å². The van der Waals surface area contributed by atoms with E-state index >= 15 is 0 Å². The van der Waals surface area contributed by atoms with Gasteiger partial charge in [-0.05, 0) is 41.7 Å². The fraction of sp³-hybridized carbons (Fsp3) is 0.400. The monoisotopic (exact) mass is 311 g/mol. The summed E-state index contributed by atoms with van der Waals surface area (Å²) in [6, 6.07) is 4.60. The van der Waals surface area contributed by atoms with Crippen LogP contribution in [0.3, 0.4) is 0 Å². The molecule has 1 rings (SSSR count). The first-order valence-electron chi connectivity index (χ1n) is 6.53. The van der Waals surface area contributed by atoms with Crippen molar-refractivity contribution in [3.8, 4) is 0 Å². The topological polar surface area (TPSA) is 83.5 Å². The highest BCUT2D eigenvalue weighted by Gasteiger charge is 2.18. The molecule has 0 aromatic heterocycles. The number of hydrogen-bond donors (Lipinski definition) is 2. The molecule has 0 aliphatic rings. The SMILES string of the molecule is Cc1cc(S(=O)(=O)NCC(C)(C)C)ccc1C=CC(=O)O. The first-order chi connectivity index (χ1) is 9.51. The standard InChI is InChI=1S/C15H21NO4S/c1-11-9-13(7-5-12(11)6-8-14(17)18)21(19,20)16-10-15(2,3)4/h5-9,16H,10H2,1-4H3,(H,17,18). The molecule has 6 heteroatoms. The summed E-state index contributed by atoms with van der Waals surface area (Å²) in [5, 5.41) is 8.60. The summed E-state index contributed by atoms with van der Waals surface area (Å²) >= 11 is 0. The minimum absolute atomic E-state index is 0.147. The molecule has 0 saturated heterocycles. The van der Waals surface area contributed by atoms with Crippen molar-refractivity contribution in [3.05, 3.63) is 35.4 Å². The summed E-state index contributed by atoms with van der Waals surface area (Å²) in [5.41, 5.74) is 1.23. The van der Waals surface area contributed by atoms with Gasteiger partial charge in [0.05, 0.1) is 4.90 Å². The van der Waals surface area contributed by atoms with Gasteiger partial charge in [-0.15, -0.1) is 0 Å². The summed E-state index contributed by atoms with van der Waals surface area (Å²) in [6.07, 6.45) is 2.46. The zero-order valence-corrected chi connectivity index (χ0v) is 13.5. The molecule has 0 spiro atoms. The van der Waals surface area contributed by atoms with Gasteiger partial charge in [-0.3, -0.25) is 0 Å². The number of hydrogen-bond acceptors (Lipinski definition) is 3. The lowest BCUT2D eigenvalue weighted by atomic mass is 9.98. The second kappa shape index (κ2) is 6.41. The Labute approximate surface area is 125 Å². The maximum absolute atomic E-state index is 12.2. The van der Waals surface area contributed by atoms with Crippen LogP contribution in [-0.2, 0) is 14.8 Å². The fourth-order valence-electron chi connectivity index (χ4n) is 1.56. The summed E-state index contributed by atoms with van der Waals surface area (Å²) in [6.45, 7) is 7.92. The van der Waals surface area contributed by atoms with E-state index in [4.69, 9.17) is 5.11 Å². The van der Waals surface area contributed by atoms with Crippen LogP contribution in [0.1, 0.15) is 31.9 Å². The Hall–Kier alpha value is -1.66. The molecule has 0 saturated carbocycles.